The van der Waals surface area contributed by atoms with Gasteiger partial charge in [0.25, 0.3) is 23.6 Å². The minimum atomic E-state index is -0.713. The van der Waals surface area contributed by atoms with Gasteiger partial charge in [-0.15, -0.1) is 0 Å². The Kier molecular flexibility index (Phi) is 22.8. The smallest absolute Gasteiger partial charge is 0.328 e. The zero-order valence-electron chi connectivity index (χ0n) is 44.4. The van der Waals surface area contributed by atoms with E-state index in [-0.39, 0.29) is 73.7 Å². The monoisotopic (exact) mass is 1100 g/mol. The third-order valence-corrected chi connectivity index (χ3v) is 13.3. The highest BCUT2D eigenvalue weighted by Gasteiger charge is 2.51. The van der Waals surface area contributed by atoms with E-state index in [1.165, 1.54) is 0 Å². The van der Waals surface area contributed by atoms with Crippen LogP contribution in [0.4, 0.5) is 0 Å². The molecule has 4 fully saturated rings. The van der Waals surface area contributed by atoms with Crippen molar-refractivity contribution in [2.75, 3.05) is 77.6 Å². The van der Waals surface area contributed by atoms with Gasteiger partial charge in [0.15, 0.2) is 0 Å². The van der Waals surface area contributed by atoms with Crippen molar-refractivity contribution in [2.24, 2.45) is 23.7 Å². The average Bonchev–Trinajstić information content (AvgIpc) is 4.24. The molecule has 4 aliphatic rings. The molecule has 4 N–H and O–H groups in total. The number of aromatic nitrogens is 4. The minimum absolute atomic E-state index is 0.0771. The Hall–Kier alpha value is -6.82. The van der Waals surface area contributed by atoms with Gasteiger partial charge in [-0.05, 0) is 126 Å². The molecular weight excluding hydrogens is 1020 g/mol. The Labute approximate surface area is 447 Å². The molecule has 4 aliphatic heterocycles. The van der Waals surface area contributed by atoms with Crippen LogP contribution < -0.4 is 0 Å². The van der Waals surface area contributed by atoms with Crippen LogP contribution in [0.2, 0.25) is 0 Å². The van der Waals surface area contributed by atoms with Crippen molar-refractivity contribution >= 4 is 69.1 Å². The van der Waals surface area contributed by atoms with Crippen LogP contribution in [0.25, 0.3) is 0 Å². The summed E-state index contributed by atoms with van der Waals surface area (Å²) in [5.74, 6) is -3.16. The quantitative estimate of drug-likeness (QED) is 0.104. The second-order valence-corrected chi connectivity index (χ2v) is 21.7. The molecule has 24 heteroatoms. The molecule has 8 heterocycles. The lowest BCUT2D eigenvalue weighted by Crippen LogP contribution is -2.41. The Morgan fingerprint density at radius 2 is 0.592 bits per heavy atom. The van der Waals surface area contributed by atoms with Crippen molar-refractivity contribution in [2.45, 2.75) is 77.5 Å². The van der Waals surface area contributed by atoms with Crippen molar-refractivity contribution < 1.29 is 65.7 Å². The van der Waals surface area contributed by atoms with Crippen LogP contribution in [0.3, 0.4) is 0 Å². The molecule has 4 aromatic heterocycles. The third-order valence-electron chi connectivity index (χ3n) is 13.3. The Balaban J connectivity index is 0.000000246. The fourth-order valence-electron chi connectivity index (χ4n) is 10.1. The molecule has 8 atom stereocenters. The topological polar surface area (TPSA) is 284 Å². The highest BCUT2D eigenvalue weighted by atomic mass is 32.2. The van der Waals surface area contributed by atoms with Gasteiger partial charge in [-0.3, -0.25) is 27.6 Å². The standard InChI is InChI=1S/2C24H30N4O6.2C2H6OS/c2*1-3-33-23(31)19-11-15(13-27(19)21(29)17-7-5-9-25-17)16-12-20(24(32)34-4-2)28(14-16)22(30)18-8-6-10-26-18;2*1-4(2)3/h2*5-10,15-16,19-20,25-26H,3-4,11-14H2,1-2H3;2*1-2H3/t2*15-,16-,19-,20-;;/m00../s1. The molecule has 416 valence electrons. The number of carbonyl (C=O) groups excluding carboxylic acids is 8. The zero-order valence-corrected chi connectivity index (χ0v) is 46.0. The maximum atomic E-state index is 13.1. The van der Waals surface area contributed by atoms with E-state index in [0.717, 1.165) is 0 Å². The lowest BCUT2D eigenvalue weighted by Gasteiger charge is -2.23. The summed E-state index contributed by atoms with van der Waals surface area (Å²) in [6.07, 6.45) is 14.8. The molecule has 0 saturated carbocycles. The van der Waals surface area contributed by atoms with E-state index in [2.05, 4.69) is 19.9 Å². The molecular formula is C52H72N8O14S2. The molecule has 4 saturated heterocycles. The molecule has 0 unspecified atom stereocenters. The lowest BCUT2D eigenvalue weighted by atomic mass is 9.88. The summed E-state index contributed by atoms with van der Waals surface area (Å²) in [5, 5.41) is 0. The van der Waals surface area contributed by atoms with E-state index in [4.69, 9.17) is 18.9 Å². The SMILES string of the molecule is CCOC(=O)[C@@H]1C[C@H]([C@H]2C[C@@H](C(=O)OCC)N(C(=O)c3ccc[nH]3)C2)CN1C(=O)c1ccc[nH]1.CCOC(=O)[C@@H]1C[C@H]([C@H]2C[C@@H](C(=O)OCC)N(C(=O)c3ccc[nH]3)C2)CN1C(=O)c1ccc[nH]1.CS(C)=O.CS(C)=O. The summed E-state index contributed by atoms with van der Waals surface area (Å²) >= 11 is 0. The minimum Gasteiger partial charge on any atom is -0.464 e. The van der Waals surface area contributed by atoms with Crippen LogP contribution in [0.1, 0.15) is 95.3 Å². The van der Waals surface area contributed by atoms with Crippen LogP contribution in [0.15, 0.2) is 73.3 Å². The molecule has 0 spiro atoms. The van der Waals surface area contributed by atoms with Crippen molar-refractivity contribution in [3.8, 4) is 0 Å². The normalized spacial score (nSPS) is 22.7. The molecule has 0 aromatic carbocycles. The van der Waals surface area contributed by atoms with E-state index in [9.17, 15) is 46.8 Å². The number of hydrogen-bond acceptors (Lipinski definition) is 14. The number of aromatic amines is 4. The largest absolute Gasteiger partial charge is 0.464 e. The Morgan fingerprint density at radius 1 is 0.408 bits per heavy atom. The second kappa shape index (κ2) is 28.9. The summed E-state index contributed by atoms with van der Waals surface area (Å²) in [6, 6.07) is 10.7. The van der Waals surface area contributed by atoms with Gasteiger partial charge in [0, 0.05) is 97.6 Å². The highest BCUT2D eigenvalue weighted by Crippen LogP contribution is 2.40. The van der Waals surface area contributed by atoms with Crippen molar-refractivity contribution in [3.05, 3.63) is 96.1 Å². The summed E-state index contributed by atoms with van der Waals surface area (Å²) in [5.41, 5.74) is 1.59. The van der Waals surface area contributed by atoms with Gasteiger partial charge in [-0.25, -0.2) is 19.2 Å². The van der Waals surface area contributed by atoms with Gasteiger partial charge < -0.3 is 58.5 Å². The summed E-state index contributed by atoms with van der Waals surface area (Å²) < 4.78 is 40.1. The zero-order chi connectivity index (χ0) is 55.6. The first kappa shape index (κ1) is 60.0. The van der Waals surface area contributed by atoms with Gasteiger partial charge in [-0.2, -0.15) is 0 Å². The number of hydrogen-bond donors (Lipinski definition) is 4. The highest BCUT2D eigenvalue weighted by molar-refractivity contribution is 7.83. The van der Waals surface area contributed by atoms with E-state index in [0.29, 0.717) is 74.6 Å². The van der Waals surface area contributed by atoms with E-state index >= 15 is 0 Å². The Morgan fingerprint density at radius 3 is 0.737 bits per heavy atom. The molecule has 8 rings (SSSR count). The van der Waals surface area contributed by atoms with Gasteiger partial charge in [0.1, 0.15) is 46.9 Å². The molecule has 4 aromatic rings. The lowest BCUT2D eigenvalue weighted by molar-refractivity contribution is -0.148. The van der Waals surface area contributed by atoms with Gasteiger partial charge in [0.2, 0.25) is 0 Å². The number of likely N-dealkylation sites (tertiary alicyclic amines) is 4. The van der Waals surface area contributed by atoms with E-state index in [1.54, 1.807) is 146 Å². The maximum absolute atomic E-state index is 13.1. The summed E-state index contributed by atoms with van der Waals surface area (Å²) in [6.45, 7) is 9.15. The number of esters is 4. The fraction of sp³-hybridized carbons (Fsp3) is 0.538. The van der Waals surface area contributed by atoms with Crippen LogP contribution in [0.5, 0.6) is 0 Å². The number of amides is 4. The summed E-state index contributed by atoms with van der Waals surface area (Å²) in [4.78, 5) is 121. The van der Waals surface area contributed by atoms with E-state index < -0.39 is 69.6 Å². The number of H-pyrrole nitrogens is 4. The first-order valence-corrected chi connectivity index (χ1v) is 29.2. The predicted octanol–water partition coefficient (Wildman–Crippen LogP) is 3.65. The average molecular weight is 1100 g/mol. The van der Waals surface area contributed by atoms with E-state index in [1.807, 2.05) is 0 Å². The fourth-order valence-corrected chi connectivity index (χ4v) is 10.1. The van der Waals surface area contributed by atoms with Crippen molar-refractivity contribution in [3.63, 3.8) is 0 Å². The molecule has 0 bridgehead atoms. The molecule has 0 aliphatic carbocycles. The van der Waals surface area contributed by atoms with Gasteiger partial charge >= 0.3 is 23.9 Å². The second-order valence-electron chi connectivity index (χ2n) is 18.7. The number of nitrogens with one attached hydrogen (secondary N) is 4. The first-order valence-electron chi connectivity index (χ1n) is 25.3. The number of ether oxygens (including phenoxy) is 4. The van der Waals surface area contributed by atoms with Crippen LogP contribution >= 0.6 is 0 Å². The third kappa shape index (κ3) is 15.6. The van der Waals surface area contributed by atoms with Crippen LogP contribution in [-0.2, 0) is 59.7 Å². The number of nitrogens with zero attached hydrogens (tertiary/aromatic N) is 4. The summed E-state index contributed by atoms with van der Waals surface area (Å²) in [7, 11) is -1.22. The van der Waals surface area contributed by atoms with Crippen molar-refractivity contribution in [1.82, 2.24) is 39.5 Å². The van der Waals surface area contributed by atoms with Crippen molar-refractivity contribution in [1.29, 1.82) is 0 Å². The van der Waals surface area contributed by atoms with Gasteiger partial charge in [-0.1, -0.05) is 0 Å². The molecule has 0 radical (unpaired) electrons. The maximum Gasteiger partial charge on any atom is 0.328 e. The van der Waals surface area contributed by atoms with Crippen LogP contribution in [0, 0.1) is 23.7 Å². The number of carbonyl (C=O) groups is 8. The molecule has 76 heavy (non-hydrogen) atoms. The van der Waals surface area contributed by atoms with Gasteiger partial charge in [0.05, 0.1) is 26.4 Å². The van der Waals surface area contributed by atoms with Crippen LogP contribution in [-0.4, -0.2) is 197 Å². The molecule has 22 nitrogen and oxygen atoms in total. The first-order chi connectivity index (χ1) is 36.3. The number of rotatable bonds is 14. The Bertz CT molecular complexity index is 2240. The molecule has 4 amide bonds. The predicted molar refractivity (Wildman–Crippen MR) is 281 cm³/mol.